The number of anilines is 2. The number of nitrogen functional groups attached to an aromatic ring is 1. The first-order valence-electron chi connectivity index (χ1n) is 20.2. The number of nitrogens with two attached hydrogens (primary N) is 1. The van der Waals surface area contributed by atoms with E-state index in [0.29, 0.717) is 68.1 Å². The minimum atomic E-state index is -1.07. The van der Waals surface area contributed by atoms with Crippen LogP contribution in [0.25, 0.3) is 0 Å². The molecule has 2 atom stereocenters. The second-order valence-electron chi connectivity index (χ2n) is 16.0. The van der Waals surface area contributed by atoms with Gasteiger partial charge in [0, 0.05) is 72.0 Å². The molecule has 3 N–H and O–H groups in total. The summed E-state index contributed by atoms with van der Waals surface area (Å²) in [7, 11) is 5.00. The number of ether oxygens (including phenoxy) is 2. The number of likely N-dealkylation sites (tertiary alicyclic amines) is 2. The lowest BCUT2D eigenvalue weighted by atomic mass is 9.83. The van der Waals surface area contributed by atoms with Gasteiger partial charge in [-0.05, 0) is 99.2 Å². The normalized spacial score (nSPS) is 17.8. The van der Waals surface area contributed by atoms with Gasteiger partial charge in [0.25, 0.3) is 11.8 Å². The summed E-state index contributed by atoms with van der Waals surface area (Å²) in [6.07, 6.45) is 3.48. The fraction of sp³-hybridized carbons (Fsp3) is 0.595. The maximum atomic E-state index is 14.1. The number of halogens is 1. The number of nitrogens with zero attached hydrogens (tertiary/aromatic N) is 5. The van der Waals surface area contributed by atoms with E-state index in [1.165, 1.54) is 4.90 Å². The summed E-state index contributed by atoms with van der Waals surface area (Å²) in [5.41, 5.74) is 10.0. The minimum absolute atomic E-state index is 0.0176. The number of para-hydroxylation sites is 1. The van der Waals surface area contributed by atoms with Gasteiger partial charge in [-0.1, -0.05) is 42.8 Å². The number of carbonyl (C=O) groups excluding carboxylic acids is 5. The van der Waals surface area contributed by atoms with E-state index in [0.717, 1.165) is 61.2 Å². The molecular formula is C42H60ClN7O7. The van der Waals surface area contributed by atoms with Crippen LogP contribution in [-0.4, -0.2) is 140 Å². The number of amides is 5. The number of urea groups is 1. The number of hydrogen-bond acceptors (Lipinski definition) is 9. The fourth-order valence-electron chi connectivity index (χ4n) is 7.96. The molecule has 15 heteroatoms. The largest absolute Gasteiger partial charge is 0.456 e. The quantitative estimate of drug-likeness (QED) is 0.197. The average Bonchev–Trinajstić information content (AvgIpc) is 3.37. The Balaban J connectivity index is 1.12. The highest BCUT2D eigenvalue weighted by Gasteiger charge is 2.35. The Morgan fingerprint density at radius 1 is 1.00 bits per heavy atom. The lowest BCUT2D eigenvalue weighted by Crippen LogP contribution is -2.51. The molecule has 0 spiro atoms. The molecule has 2 saturated heterocycles. The Kier molecular flexibility index (Phi) is 15.5. The smallest absolute Gasteiger partial charge is 0.410 e. The predicted octanol–water partition coefficient (Wildman–Crippen LogP) is 5.05. The molecule has 5 amide bonds. The number of carbonyl (C=O) groups is 5. The number of rotatable bonds is 14. The van der Waals surface area contributed by atoms with Crippen molar-refractivity contribution < 1.29 is 33.4 Å². The number of piperidine rings is 2. The van der Waals surface area contributed by atoms with Gasteiger partial charge in [-0.15, -0.1) is 0 Å². The van der Waals surface area contributed by atoms with Crippen LogP contribution in [0, 0.1) is 18.8 Å². The first kappa shape index (κ1) is 43.6. The number of hydrogen-bond donors (Lipinski definition) is 2. The first-order chi connectivity index (χ1) is 27.2. The zero-order valence-corrected chi connectivity index (χ0v) is 34.9. The van der Waals surface area contributed by atoms with Crippen molar-refractivity contribution in [3.63, 3.8) is 0 Å². The second kappa shape index (κ2) is 20.2. The summed E-state index contributed by atoms with van der Waals surface area (Å²) in [6.45, 7) is 8.06. The zero-order valence-electron chi connectivity index (χ0n) is 34.1. The van der Waals surface area contributed by atoms with Crippen LogP contribution in [0.3, 0.4) is 0 Å². The monoisotopic (exact) mass is 809 g/mol. The van der Waals surface area contributed by atoms with Gasteiger partial charge in [-0.25, -0.2) is 9.59 Å². The molecule has 0 radical (unpaired) electrons. The van der Waals surface area contributed by atoms with Crippen molar-refractivity contribution in [2.45, 2.75) is 77.4 Å². The molecule has 0 saturated carbocycles. The lowest BCUT2D eigenvalue weighted by Gasteiger charge is -2.38. The van der Waals surface area contributed by atoms with Crippen molar-refractivity contribution in [1.29, 1.82) is 0 Å². The Morgan fingerprint density at radius 3 is 2.39 bits per heavy atom. The van der Waals surface area contributed by atoms with Crippen molar-refractivity contribution >= 4 is 52.9 Å². The number of likely N-dealkylation sites (N-methyl/N-ethyl adjacent to an activating group) is 2. The maximum Gasteiger partial charge on any atom is 0.410 e. The van der Waals surface area contributed by atoms with E-state index in [2.05, 4.69) is 17.1 Å². The molecule has 0 bridgehead atoms. The molecule has 312 valence electrons. The van der Waals surface area contributed by atoms with Crippen molar-refractivity contribution in [3.05, 3.63) is 58.1 Å². The third-order valence-corrected chi connectivity index (χ3v) is 12.2. The van der Waals surface area contributed by atoms with Gasteiger partial charge in [0.1, 0.15) is 0 Å². The van der Waals surface area contributed by atoms with Crippen molar-refractivity contribution in [2.24, 2.45) is 11.8 Å². The highest BCUT2D eigenvalue weighted by Crippen LogP contribution is 2.29. The Bertz CT molecular complexity index is 1720. The molecule has 2 fully saturated rings. The second-order valence-corrected chi connectivity index (χ2v) is 16.4. The summed E-state index contributed by atoms with van der Waals surface area (Å²) in [6, 6.07) is 11.3. The van der Waals surface area contributed by atoms with E-state index in [4.69, 9.17) is 26.8 Å². The van der Waals surface area contributed by atoms with Gasteiger partial charge < -0.3 is 45.0 Å². The van der Waals surface area contributed by atoms with E-state index in [9.17, 15) is 24.0 Å². The molecule has 2 aromatic carbocycles. The van der Waals surface area contributed by atoms with Crippen molar-refractivity contribution in [3.8, 4) is 0 Å². The van der Waals surface area contributed by atoms with Crippen LogP contribution in [-0.2, 0) is 36.7 Å². The fourth-order valence-corrected chi connectivity index (χ4v) is 8.25. The third kappa shape index (κ3) is 12.0. The highest BCUT2D eigenvalue weighted by molar-refractivity contribution is 6.33. The van der Waals surface area contributed by atoms with Gasteiger partial charge in [-0.3, -0.25) is 14.4 Å². The highest BCUT2D eigenvalue weighted by atomic mass is 35.5. The lowest BCUT2D eigenvalue weighted by molar-refractivity contribution is -0.151. The zero-order chi connectivity index (χ0) is 41.2. The molecule has 3 heterocycles. The number of nitrogens with one attached hydrogen (secondary N) is 1. The summed E-state index contributed by atoms with van der Waals surface area (Å²) >= 11 is 6.42. The molecule has 0 aliphatic carbocycles. The van der Waals surface area contributed by atoms with Gasteiger partial charge in [-0.2, -0.15) is 0 Å². The summed E-state index contributed by atoms with van der Waals surface area (Å²) in [5, 5.41) is 3.42. The summed E-state index contributed by atoms with van der Waals surface area (Å²) in [5.74, 6) is -0.0794. The Hall–Kier alpha value is -4.56. The topological polar surface area (TPSA) is 158 Å². The van der Waals surface area contributed by atoms with E-state index in [1.54, 1.807) is 37.0 Å². The van der Waals surface area contributed by atoms with Crippen LogP contribution in [0.2, 0.25) is 5.02 Å². The SMILES string of the molecule is Cc1cc(C[C@@H](OC(=O)N2CCC(N3CCc4ccccc4NC3=O)CC2)C(=O)N(C)CCC(C)C2CCN(CCC(=O)OCC(=O)N(C)C)CC2)cc(Cl)c1N. The molecule has 5 rings (SSSR count). The number of aryl methyl sites for hydroxylation is 1. The molecule has 57 heavy (non-hydrogen) atoms. The van der Waals surface area contributed by atoms with E-state index in [1.807, 2.05) is 42.2 Å². The van der Waals surface area contributed by atoms with Crippen LogP contribution < -0.4 is 11.1 Å². The van der Waals surface area contributed by atoms with E-state index < -0.39 is 12.2 Å². The summed E-state index contributed by atoms with van der Waals surface area (Å²) in [4.78, 5) is 73.5. The van der Waals surface area contributed by atoms with Gasteiger partial charge in [0.05, 0.1) is 17.1 Å². The third-order valence-electron chi connectivity index (χ3n) is 11.9. The van der Waals surface area contributed by atoms with Crippen LogP contribution in [0.4, 0.5) is 21.0 Å². The molecule has 2 aromatic rings. The van der Waals surface area contributed by atoms with Gasteiger partial charge >= 0.3 is 18.1 Å². The Labute approximate surface area is 341 Å². The molecule has 3 aliphatic rings. The summed E-state index contributed by atoms with van der Waals surface area (Å²) < 4.78 is 11.1. The molecule has 0 aromatic heterocycles. The van der Waals surface area contributed by atoms with Crippen LogP contribution in [0.5, 0.6) is 0 Å². The average molecular weight is 810 g/mol. The first-order valence-corrected chi connectivity index (χ1v) is 20.6. The Morgan fingerprint density at radius 2 is 1.70 bits per heavy atom. The van der Waals surface area contributed by atoms with Crippen LogP contribution >= 0.6 is 11.6 Å². The van der Waals surface area contributed by atoms with Gasteiger partial charge in [0.2, 0.25) is 0 Å². The van der Waals surface area contributed by atoms with Crippen molar-refractivity contribution in [2.75, 3.05) is 84.6 Å². The number of fused-ring (bicyclic) bond motifs is 1. The standard InChI is InChI=1S/C42H60ClN7O7/c1-28(31-11-18-48(19-12-31)20-16-38(52)56-27-37(51)46(3)4)10-17-47(5)40(53)36(26-30-24-29(2)39(44)34(43)25-30)57-42(55)49-21-14-33(15-22-49)50-23-13-32-8-6-7-9-35(32)45-41(50)54/h6-9,24-25,28,31,33,36H,10-23,26-27,44H2,1-5H3,(H,45,54)/t28?,36-/m1/s1. The van der Waals surface area contributed by atoms with Crippen LogP contribution in [0.1, 0.15) is 62.1 Å². The minimum Gasteiger partial charge on any atom is -0.456 e. The molecule has 1 unspecified atom stereocenters. The van der Waals surface area contributed by atoms with E-state index in [-0.39, 0.29) is 49.3 Å². The number of benzene rings is 2. The maximum absolute atomic E-state index is 14.1. The molecule has 14 nitrogen and oxygen atoms in total. The molecule has 3 aliphatic heterocycles. The van der Waals surface area contributed by atoms with Gasteiger partial charge in [0.15, 0.2) is 12.7 Å². The van der Waals surface area contributed by atoms with E-state index >= 15 is 0 Å². The van der Waals surface area contributed by atoms with Crippen LogP contribution in [0.15, 0.2) is 36.4 Å². The number of esters is 1. The van der Waals surface area contributed by atoms with Crippen molar-refractivity contribution in [1.82, 2.24) is 24.5 Å². The molecular weight excluding hydrogens is 750 g/mol. The predicted molar refractivity (Wildman–Crippen MR) is 220 cm³/mol.